The monoisotopic (exact) mass is 285 g/mol. The zero-order valence-corrected chi connectivity index (χ0v) is 11.3. The van der Waals surface area contributed by atoms with E-state index in [9.17, 15) is 14.9 Å². The van der Waals surface area contributed by atoms with E-state index in [-0.39, 0.29) is 18.0 Å². The van der Waals surface area contributed by atoms with Crippen LogP contribution >= 0.6 is 0 Å². The molecule has 0 radical (unpaired) electrons. The van der Waals surface area contributed by atoms with Gasteiger partial charge in [0.15, 0.2) is 0 Å². The number of carbonyl (C=O) groups is 1. The second kappa shape index (κ2) is 6.51. The fourth-order valence-corrected chi connectivity index (χ4v) is 1.82. The normalized spacial score (nSPS) is 10.1. The van der Waals surface area contributed by atoms with Gasteiger partial charge in [-0.3, -0.25) is 14.9 Å². The molecular formula is C15H15N3O3. The molecule has 21 heavy (non-hydrogen) atoms. The number of anilines is 1. The molecule has 108 valence electrons. The van der Waals surface area contributed by atoms with Crippen molar-refractivity contribution in [1.82, 2.24) is 5.32 Å². The summed E-state index contributed by atoms with van der Waals surface area (Å²) in [6.07, 6.45) is 0.187. The third kappa shape index (κ3) is 4.31. The maximum absolute atomic E-state index is 11.8. The van der Waals surface area contributed by atoms with Crippen LogP contribution in [0.3, 0.4) is 0 Å². The molecule has 0 aliphatic rings. The molecule has 0 unspecified atom stereocenters. The third-order valence-corrected chi connectivity index (χ3v) is 2.98. The maximum atomic E-state index is 11.8. The molecule has 2 aromatic carbocycles. The fraction of sp³-hybridized carbons (Fsp3) is 0.133. The quantitative estimate of drug-likeness (QED) is 0.499. The van der Waals surface area contributed by atoms with Crippen LogP contribution in [0.2, 0.25) is 0 Å². The predicted octanol–water partition coefficient (Wildman–Crippen LogP) is 2.04. The van der Waals surface area contributed by atoms with Gasteiger partial charge in [-0.25, -0.2) is 0 Å². The highest BCUT2D eigenvalue weighted by atomic mass is 16.6. The maximum Gasteiger partial charge on any atom is 0.269 e. The van der Waals surface area contributed by atoms with Crippen molar-refractivity contribution in [3.05, 3.63) is 69.8 Å². The molecule has 0 heterocycles. The Morgan fingerprint density at radius 1 is 1.05 bits per heavy atom. The van der Waals surface area contributed by atoms with E-state index in [0.29, 0.717) is 12.2 Å². The molecule has 0 fully saturated rings. The van der Waals surface area contributed by atoms with Crippen molar-refractivity contribution in [2.45, 2.75) is 13.0 Å². The number of nitro benzene ring substituents is 1. The van der Waals surface area contributed by atoms with Crippen LogP contribution in [0.5, 0.6) is 0 Å². The molecule has 1 amide bonds. The summed E-state index contributed by atoms with van der Waals surface area (Å²) in [7, 11) is 0. The van der Waals surface area contributed by atoms with Crippen LogP contribution in [0.25, 0.3) is 0 Å². The van der Waals surface area contributed by atoms with Crippen molar-refractivity contribution < 1.29 is 9.72 Å². The number of rotatable bonds is 5. The molecule has 0 aliphatic carbocycles. The average Bonchev–Trinajstić information content (AvgIpc) is 2.47. The van der Waals surface area contributed by atoms with Crippen LogP contribution in [0.15, 0.2) is 48.5 Å². The lowest BCUT2D eigenvalue weighted by molar-refractivity contribution is -0.384. The number of non-ortho nitro benzene ring substituents is 1. The molecule has 2 rings (SSSR count). The van der Waals surface area contributed by atoms with Gasteiger partial charge in [-0.15, -0.1) is 0 Å². The minimum absolute atomic E-state index is 0.0148. The molecule has 0 spiro atoms. The second-order valence-corrected chi connectivity index (χ2v) is 4.62. The van der Waals surface area contributed by atoms with Gasteiger partial charge in [0.2, 0.25) is 5.91 Å². The number of nitrogen functional groups attached to an aromatic ring is 1. The van der Waals surface area contributed by atoms with E-state index in [1.807, 2.05) is 12.1 Å². The fourth-order valence-electron chi connectivity index (χ4n) is 1.82. The van der Waals surface area contributed by atoms with E-state index in [0.717, 1.165) is 11.1 Å². The molecule has 0 bridgehead atoms. The second-order valence-electron chi connectivity index (χ2n) is 4.62. The predicted molar refractivity (Wildman–Crippen MR) is 79.5 cm³/mol. The van der Waals surface area contributed by atoms with Crippen LogP contribution in [-0.2, 0) is 17.8 Å². The van der Waals surface area contributed by atoms with Crippen LogP contribution in [0, 0.1) is 10.1 Å². The molecule has 2 aromatic rings. The third-order valence-electron chi connectivity index (χ3n) is 2.98. The summed E-state index contributed by atoms with van der Waals surface area (Å²) in [5.41, 5.74) is 7.97. The molecule has 3 N–H and O–H groups in total. The first-order valence-electron chi connectivity index (χ1n) is 6.39. The summed E-state index contributed by atoms with van der Waals surface area (Å²) in [6, 6.07) is 13.2. The Hall–Kier alpha value is -2.89. The molecular weight excluding hydrogens is 270 g/mol. The van der Waals surface area contributed by atoms with Crippen LogP contribution in [0.4, 0.5) is 11.4 Å². The van der Waals surface area contributed by atoms with Gasteiger partial charge in [0.25, 0.3) is 5.69 Å². The Kier molecular flexibility index (Phi) is 4.50. The number of nitrogens with two attached hydrogens (primary N) is 1. The lowest BCUT2D eigenvalue weighted by Crippen LogP contribution is -2.24. The van der Waals surface area contributed by atoms with Gasteiger partial charge < -0.3 is 11.1 Å². The number of nitro groups is 1. The number of amides is 1. The van der Waals surface area contributed by atoms with Gasteiger partial charge in [-0.1, -0.05) is 24.3 Å². The summed E-state index contributed by atoms with van der Waals surface area (Å²) in [4.78, 5) is 21.9. The summed E-state index contributed by atoms with van der Waals surface area (Å²) < 4.78 is 0. The first-order chi connectivity index (χ1) is 10.0. The average molecular weight is 285 g/mol. The molecule has 0 aromatic heterocycles. The lowest BCUT2D eigenvalue weighted by Gasteiger charge is -2.06. The summed E-state index contributed by atoms with van der Waals surface area (Å²) in [5.74, 6) is -0.138. The number of carbonyl (C=O) groups excluding carboxylic acids is 1. The van der Waals surface area contributed by atoms with E-state index in [4.69, 9.17) is 5.73 Å². The van der Waals surface area contributed by atoms with Crippen LogP contribution in [-0.4, -0.2) is 10.8 Å². The zero-order chi connectivity index (χ0) is 15.2. The highest BCUT2D eigenvalue weighted by Crippen LogP contribution is 2.12. The minimum Gasteiger partial charge on any atom is -0.399 e. The highest BCUT2D eigenvalue weighted by Gasteiger charge is 2.07. The van der Waals surface area contributed by atoms with Crippen molar-refractivity contribution in [3.63, 3.8) is 0 Å². The van der Waals surface area contributed by atoms with Crippen molar-refractivity contribution in [2.75, 3.05) is 5.73 Å². The molecule has 6 heteroatoms. The van der Waals surface area contributed by atoms with E-state index in [1.54, 1.807) is 24.3 Å². The highest BCUT2D eigenvalue weighted by molar-refractivity contribution is 5.78. The smallest absolute Gasteiger partial charge is 0.269 e. The zero-order valence-electron chi connectivity index (χ0n) is 11.3. The largest absolute Gasteiger partial charge is 0.399 e. The topological polar surface area (TPSA) is 98.3 Å². The molecule has 0 aliphatic heterocycles. The number of nitrogens with one attached hydrogen (secondary N) is 1. The van der Waals surface area contributed by atoms with Crippen molar-refractivity contribution in [3.8, 4) is 0 Å². The molecule has 6 nitrogen and oxygen atoms in total. The van der Waals surface area contributed by atoms with Gasteiger partial charge in [0, 0.05) is 24.4 Å². The summed E-state index contributed by atoms with van der Waals surface area (Å²) in [5, 5.41) is 13.3. The van der Waals surface area contributed by atoms with E-state index in [2.05, 4.69) is 5.32 Å². The Balaban J connectivity index is 1.86. The van der Waals surface area contributed by atoms with E-state index >= 15 is 0 Å². The van der Waals surface area contributed by atoms with Crippen molar-refractivity contribution in [1.29, 1.82) is 0 Å². The van der Waals surface area contributed by atoms with E-state index in [1.165, 1.54) is 12.1 Å². The first kappa shape index (κ1) is 14.5. The van der Waals surface area contributed by atoms with Crippen molar-refractivity contribution in [2.24, 2.45) is 0 Å². The summed E-state index contributed by atoms with van der Waals surface area (Å²) in [6.45, 7) is 0.423. The molecule has 0 atom stereocenters. The summed E-state index contributed by atoms with van der Waals surface area (Å²) >= 11 is 0. The van der Waals surface area contributed by atoms with E-state index < -0.39 is 4.92 Å². The number of benzene rings is 2. The number of nitrogens with zero attached hydrogens (tertiary/aromatic N) is 1. The Morgan fingerprint density at radius 3 is 2.19 bits per heavy atom. The Bertz CT molecular complexity index is 636. The van der Waals surface area contributed by atoms with Crippen molar-refractivity contribution >= 4 is 17.3 Å². The molecule has 0 saturated heterocycles. The Labute approximate surface area is 121 Å². The number of hydrogen-bond acceptors (Lipinski definition) is 4. The SMILES string of the molecule is Nc1ccc(CNC(=O)Cc2ccc([N+](=O)[O-])cc2)cc1. The Morgan fingerprint density at radius 2 is 1.62 bits per heavy atom. The number of hydrogen-bond donors (Lipinski definition) is 2. The van der Waals surface area contributed by atoms with Gasteiger partial charge >= 0.3 is 0 Å². The van der Waals surface area contributed by atoms with Gasteiger partial charge in [-0.05, 0) is 23.3 Å². The van der Waals surface area contributed by atoms with Gasteiger partial charge in [0.1, 0.15) is 0 Å². The molecule has 0 saturated carbocycles. The van der Waals surface area contributed by atoms with Crippen LogP contribution < -0.4 is 11.1 Å². The van der Waals surface area contributed by atoms with Gasteiger partial charge in [0.05, 0.1) is 11.3 Å². The standard InChI is InChI=1S/C15H15N3O3/c16-13-5-1-12(2-6-13)10-17-15(19)9-11-3-7-14(8-4-11)18(20)21/h1-8H,9-10,16H2,(H,17,19). The lowest BCUT2D eigenvalue weighted by atomic mass is 10.1. The first-order valence-corrected chi connectivity index (χ1v) is 6.39. The minimum atomic E-state index is -0.467. The van der Waals surface area contributed by atoms with Crippen LogP contribution in [0.1, 0.15) is 11.1 Å². The van der Waals surface area contributed by atoms with Gasteiger partial charge in [-0.2, -0.15) is 0 Å².